The van der Waals surface area contributed by atoms with Gasteiger partial charge in [-0.15, -0.1) is 0 Å². The molecule has 0 radical (unpaired) electrons. The number of hydrogen-bond acceptors (Lipinski definition) is 3. The molecule has 19 heavy (non-hydrogen) atoms. The largest absolute Gasteiger partial charge is 0.486 e. The fourth-order valence-electron chi connectivity index (χ4n) is 2.44. The molecule has 4 heteroatoms. The van der Waals surface area contributed by atoms with E-state index in [4.69, 9.17) is 9.47 Å². The van der Waals surface area contributed by atoms with Crippen LogP contribution in [0.5, 0.6) is 11.5 Å². The molecule has 0 spiro atoms. The summed E-state index contributed by atoms with van der Waals surface area (Å²) in [6.07, 6.45) is 6.05. The number of ether oxygens (including phenoxy) is 2. The van der Waals surface area contributed by atoms with E-state index in [9.17, 15) is 0 Å². The molecule has 102 valence electrons. The highest BCUT2D eigenvalue weighted by Gasteiger charge is 2.14. The number of nitrogens with one attached hydrogen (secondary N) is 1. The second kappa shape index (κ2) is 5.51. The lowest BCUT2D eigenvalue weighted by atomic mass is 10.1. The van der Waals surface area contributed by atoms with Gasteiger partial charge in [0, 0.05) is 18.6 Å². The monoisotopic (exact) mass is 260 g/mol. The number of aromatic nitrogens is 2. The molecule has 0 fully saturated rings. The third kappa shape index (κ3) is 2.67. The minimum Gasteiger partial charge on any atom is -0.486 e. The van der Waals surface area contributed by atoms with Crippen LogP contribution in [-0.4, -0.2) is 23.2 Å². The molecule has 3 rings (SSSR count). The van der Waals surface area contributed by atoms with Crippen molar-refractivity contribution in [3.63, 3.8) is 0 Å². The van der Waals surface area contributed by atoms with Crippen LogP contribution in [0.3, 0.4) is 0 Å². The highest BCUT2D eigenvalue weighted by atomic mass is 16.6. The van der Waals surface area contributed by atoms with Crippen molar-refractivity contribution in [1.82, 2.24) is 9.97 Å². The van der Waals surface area contributed by atoms with Crippen LogP contribution >= 0.6 is 0 Å². The van der Waals surface area contributed by atoms with Gasteiger partial charge in [0.1, 0.15) is 19.0 Å². The number of fused-ring (bicyclic) bond motifs is 2. The summed E-state index contributed by atoms with van der Waals surface area (Å²) in [5, 5.41) is 0. The molecule has 2 heterocycles. The van der Waals surface area contributed by atoms with Crippen LogP contribution in [0.1, 0.15) is 38.4 Å². The zero-order valence-electron chi connectivity index (χ0n) is 11.4. The van der Waals surface area contributed by atoms with Crippen molar-refractivity contribution in [1.29, 1.82) is 0 Å². The predicted octanol–water partition coefficient (Wildman–Crippen LogP) is 3.46. The Kier molecular flexibility index (Phi) is 3.58. The average Bonchev–Trinajstić information content (AvgIpc) is 2.82. The average molecular weight is 260 g/mol. The van der Waals surface area contributed by atoms with Gasteiger partial charge in [-0.25, -0.2) is 4.98 Å². The standard InChI is InChI=1S/C15H20N2O2/c1-2-3-4-5-6-15-16-11-9-13-14(10-12(11)17-15)19-8-7-18-13/h9-10H,2-8H2,1H3,(H,16,17). The topological polar surface area (TPSA) is 47.1 Å². The van der Waals surface area contributed by atoms with E-state index < -0.39 is 0 Å². The van der Waals surface area contributed by atoms with Crippen LogP contribution in [-0.2, 0) is 6.42 Å². The van der Waals surface area contributed by atoms with Crippen LogP contribution in [0.25, 0.3) is 11.0 Å². The zero-order valence-corrected chi connectivity index (χ0v) is 11.4. The van der Waals surface area contributed by atoms with Crippen molar-refractivity contribution >= 4 is 11.0 Å². The van der Waals surface area contributed by atoms with E-state index in [1.54, 1.807) is 0 Å². The number of H-pyrrole nitrogens is 1. The number of nitrogens with zero attached hydrogens (tertiary/aromatic N) is 1. The van der Waals surface area contributed by atoms with Crippen molar-refractivity contribution in [2.45, 2.75) is 39.0 Å². The smallest absolute Gasteiger partial charge is 0.163 e. The van der Waals surface area contributed by atoms with Crippen molar-refractivity contribution in [2.24, 2.45) is 0 Å². The molecule has 1 N–H and O–H groups in total. The predicted molar refractivity (Wildman–Crippen MR) is 74.9 cm³/mol. The van der Waals surface area contributed by atoms with Crippen molar-refractivity contribution in [3.05, 3.63) is 18.0 Å². The lowest BCUT2D eigenvalue weighted by Crippen LogP contribution is -2.15. The van der Waals surface area contributed by atoms with Crippen LogP contribution in [0.2, 0.25) is 0 Å². The summed E-state index contributed by atoms with van der Waals surface area (Å²) in [4.78, 5) is 8.00. The maximum absolute atomic E-state index is 5.58. The minimum atomic E-state index is 0.618. The van der Waals surface area contributed by atoms with Crippen LogP contribution in [0.15, 0.2) is 12.1 Å². The number of unbranched alkanes of at least 4 members (excludes halogenated alkanes) is 3. The summed E-state index contributed by atoms with van der Waals surface area (Å²) in [6.45, 7) is 3.47. The molecule has 2 aromatic rings. The number of benzene rings is 1. The maximum Gasteiger partial charge on any atom is 0.163 e. The van der Waals surface area contributed by atoms with Crippen molar-refractivity contribution in [3.8, 4) is 11.5 Å². The second-order valence-electron chi connectivity index (χ2n) is 5.01. The SMILES string of the molecule is CCCCCCc1nc2cc3c(cc2[nH]1)OCCO3. The summed E-state index contributed by atoms with van der Waals surface area (Å²) in [5.41, 5.74) is 2.00. The van der Waals surface area contributed by atoms with Gasteiger partial charge in [0.25, 0.3) is 0 Å². The molecule has 0 bridgehead atoms. The van der Waals surface area contributed by atoms with Crippen LogP contribution in [0, 0.1) is 0 Å². The number of aromatic amines is 1. The fraction of sp³-hybridized carbons (Fsp3) is 0.533. The number of aryl methyl sites for hydroxylation is 1. The quantitative estimate of drug-likeness (QED) is 0.837. The lowest BCUT2D eigenvalue weighted by molar-refractivity contribution is 0.172. The minimum absolute atomic E-state index is 0.618. The molecule has 1 aliphatic heterocycles. The molecule has 1 aromatic carbocycles. The first kappa shape index (κ1) is 12.3. The van der Waals surface area contributed by atoms with E-state index in [0.717, 1.165) is 34.8 Å². The Morgan fingerprint density at radius 2 is 1.89 bits per heavy atom. The Labute approximate surface area is 113 Å². The molecule has 0 atom stereocenters. The molecule has 0 saturated heterocycles. The van der Waals surface area contributed by atoms with Gasteiger partial charge in [-0.3, -0.25) is 0 Å². The van der Waals surface area contributed by atoms with E-state index >= 15 is 0 Å². The highest BCUT2D eigenvalue weighted by molar-refractivity contribution is 5.79. The molecular weight excluding hydrogens is 240 g/mol. The summed E-state index contributed by atoms with van der Waals surface area (Å²) < 4.78 is 11.2. The molecule has 0 unspecified atom stereocenters. The van der Waals surface area contributed by atoms with E-state index in [-0.39, 0.29) is 0 Å². The molecule has 1 aromatic heterocycles. The molecule has 4 nitrogen and oxygen atoms in total. The highest BCUT2D eigenvalue weighted by Crippen LogP contribution is 2.33. The van der Waals surface area contributed by atoms with Crippen molar-refractivity contribution in [2.75, 3.05) is 13.2 Å². The first-order chi connectivity index (χ1) is 9.36. The van der Waals surface area contributed by atoms with E-state index in [1.807, 2.05) is 12.1 Å². The van der Waals surface area contributed by atoms with E-state index in [1.165, 1.54) is 25.7 Å². The summed E-state index contributed by atoms with van der Waals surface area (Å²) in [5.74, 6) is 2.69. The van der Waals surface area contributed by atoms with Gasteiger partial charge >= 0.3 is 0 Å². The summed E-state index contributed by atoms with van der Waals surface area (Å²) in [6, 6.07) is 3.96. The maximum atomic E-state index is 5.58. The molecule has 0 saturated carbocycles. The Balaban J connectivity index is 1.76. The molecule has 0 amide bonds. The van der Waals surface area contributed by atoms with Crippen molar-refractivity contribution < 1.29 is 9.47 Å². The first-order valence-corrected chi connectivity index (χ1v) is 7.15. The zero-order chi connectivity index (χ0) is 13.1. The lowest BCUT2D eigenvalue weighted by Gasteiger charge is -2.17. The first-order valence-electron chi connectivity index (χ1n) is 7.15. The third-order valence-corrected chi connectivity index (χ3v) is 3.46. The van der Waals surface area contributed by atoms with Gasteiger partial charge in [0.15, 0.2) is 11.5 Å². The van der Waals surface area contributed by atoms with Crippen LogP contribution in [0.4, 0.5) is 0 Å². The summed E-state index contributed by atoms with van der Waals surface area (Å²) in [7, 11) is 0. The number of hydrogen-bond donors (Lipinski definition) is 1. The van der Waals surface area contributed by atoms with Gasteiger partial charge in [-0.2, -0.15) is 0 Å². The van der Waals surface area contributed by atoms with E-state index in [0.29, 0.717) is 13.2 Å². The fourth-order valence-corrected chi connectivity index (χ4v) is 2.44. The Morgan fingerprint density at radius 3 is 2.68 bits per heavy atom. The van der Waals surface area contributed by atoms with Gasteiger partial charge in [-0.05, 0) is 6.42 Å². The summed E-state index contributed by atoms with van der Waals surface area (Å²) >= 11 is 0. The molecule has 0 aliphatic carbocycles. The Morgan fingerprint density at radius 1 is 1.11 bits per heavy atom. The van der Waals surface area contributed by atoms with Gasteiger partial charge in [0.05, 0.1) is 11.0 Å². The normalized spacial score (nSPS) is 13.9. The van der Waals surface area contributed by atoms with Gasteiger partial charge in [-0.1, -0.05) is 26.2 Å². The van der Waals surface area contributed by atoms with E-state index in [2.05, 4.69) is 16.9 Å². The second-order valence-corrected chi connectivity index (χ2v) is 5.01. The molecule has 1 aliphatic rings. The third-order valence-electron chi connectivity index (χ3n) is 3.46. The number of rotatable bonds is 5. The number of imidazole rings is 1. The van der Waals surface area contributed by atoms with Crippen LogP contribution < -0.4 is 9.47 Å². The van der Waals surface area contributed by atoms with Gasteiger partial charge < -0.3 is 14.5 Å². The Bertz CT molecular complexity index is 520. The molecular formula is C15H20N2O2. The Hall–Kier alpha value is -1.71. The van der Waals surface area contributed by atoms with Gasteiger partial charge in [0.2, 0.25) is 0 Å².